The van der Waals surface area contributed by atoms with E-state index in [1.54, 1.807) is 0 Å². The molecule has 104 valence electrons. The Morgan fingerprint density at radius 3 is 2.67 bits per heavy atom. The lowest BCUT2D eigenvalue weighted by atomic mass is 10.1. The molecule has 0 aromatic heterocycles. The van der Waals surface area contributed by atoms with Gasteiger partial charge in [-0.3, -0.25) is 0 Å². The van der Waals surface area contributed by atoms with E-state index < -0.39 is 23.6 Å². The Labute approximate surface area is 106 Å². The molecule has 0 aromatic carbocycles. The summed E-state index contributed by atoms with van der Waals surface area (Å²) in [6, 6.07) is -1.50. The fourth-order valence-corrected chi connectivity index (χ4v) is 1.82. The van der Waals surface area contributed by atoms with E-state index >= 15 is 0 Å². The van der Waals surface area contributed by atoms with Gasteiger partial charge in [0.05, 0.1) is 18.8 Å². The number of carboxylic acids is 1. The van der Waals surface area contributed by atoms with E-state index in [1.807, 2.05) is 13.8 Å². The van der Waals surface area contributed by atoms with E-state index in [1.165, 1.54) is 4.90 Å². The van der Waals surface area contributed by atoms with E-state index in [9.17, 15) is 9.59 Å². The zero-order chi connectivity index (χ0) is 13.8. The molecule has 1 aliphatic heterocycles. The summed E-state index contributed by atoms with van der Waals surface area (Å²) in [5, 5.41) is 20.0. The first-order chi connectivity index (χ1) is 8.35. The number of aliphatic hydroxyl groups excluding tert-OH is 1. The number of aliphatic carboxylic acids is 1. The maximum atomic E-state index is 11.9. The molecular formula is C11H20N2O5. The van der Waals surface area contributed by atoms with Crippen LogP contribution in [0.15, 0.2) is 0 Å². The maximum absolute atomic E-state index is 11.9. The van der Waals surface area contributed by atoms with E-state index in [-0.39, 0.29) is 13.0 Å². The van der Waals surface area contributed by atoms with Gasteiger partial charge in [0.15, 0.2) is 0 Å². The third-order valence-corrected chi connectivity index (χ3v) is 2.73. The Morgan fingerprint density at radius 1 is 1.50 bits per heavy atom. The Balaban J connectivity index is 2.55. The summed E-state index contributed by atoms with van der Waals surface area (Å²) in [7, 11) is 0. The lowest BCUT2D eigenvalue weighted by Crippen LogP contribution is -2.56. The topological polar surface area (TPSA) is 99.1 Å². The van der Waals surface area contributed by atoms with Crippen LogP contribution in [0.1, 0.15) is 20.3 Å². The lowest BCUT2D eigenvalue weighted by molar-refractivity contribution is -0.139. The van der Waals surface area contributed by atoms with Crippen molar-refractivity contribution in [3.8, 4) is 0 Å². The number of morpholine rings is 1. The van der Waals surface area contributed by atoms with Gasteiger partial charge in [-0.1, -0.05) is 0 Å². The highest BCUT2D eigenvalue weighted by Crippen LogP contribution is 2.16. The maximum Gasteiger partial charge on any atom is 0.326 e. The van der Waals surface area contributed by atoms with Crippen LogP contribution in [0.4, 0.5) is 4.79 Å². The van der Waals surface area contributed by atoms with E-state index in [2.05, 4.69) is 5.32 Å². The molecule has 1 atom stereocenters. The predicted octanol–water partition coefficient (Wildman–Crippen LogP) is -0.358. The molecule has 1 unspecified atom stereocenters. The molecular weight excluding hydrogens is 240 g/mol. The summed E-state index contributed by atoms with van der Waals surface area (Å²) in [5.41, 5.74) is -0.425. The number of carbonyl (C=O) groups is 2. The quantitative estimate of drug-likeness (QED) is 0.641. The molecule has 3 N–H and O–H groups in total. The number of nitrogens with zero attached hydrogens (tertiary/aromatic N) is 1. The van der Waals surface area contributed by atoms with Gasteiger partial charge in [-0.25, -0.2) is 9.59 Å². The molecule has 1 fully saturated rings. The fourth-order valence-electron chi connectivity index (χ4n) is 1.82. The summed E-state index contributed by atoms with van der Waals surface area (Å²) in [5.74, 6) is -1.15. The molecule has 7 heteroatoms. The molecule has 0 radical (unpaired) electrons. The van der Waals surface area contributed by atoms with Gasteiger partial charge in [-0.05, 0) is 13.8 Å². The predicted molar refractivity (Wildman–Crippen MR) is 63.3 cm³/mol. The van der Waals surface area contributed by atoms with Gasteiger partial charge < -0.3 is 25.2 Å². The number of ether oxygens (including phenoxy) is 1. The Bertz CT molecular complexity index is 319. The smallest absolute Gasteiger partial charge is 0.326 e. The Morgan fingerprint density at radius 2 is 2.17 bits per heavy atom. The van der Waals surface area contributed by atoms with Gasteiger partial charge in [0.1, 0.15) is 6.04 Å². The van der Waals surface area contributed by atoms with Gasteiger partial charge >= 0.3 is 12.0 Å². The zero-order valence-corrected chi connectivity index (χ0v) is 10.7. The Kier molecular flexibility index (Phi) is 4.92. The van der Waals surface area contributed by atoms with E-state index in [0.717, 1.165) is 0 Å². The normalized spacial score (nSPS) is 20.3. The molecule has 0 aliphatic carbocycles. The van der Waals surface area contributed by atoms with Crippen molar-refractivity contribution in [2.75, 3.05) is 26.3 Å². The molecule has 1 saturated heterocycles. The highest BCUT2D eigenvalue weighted by molar-refractivity contribution is 5.82. The molecule has 2 amide bonds. The van der Waals surface area contributed by atoms with Crippen molar-refractivity contribution in [2.45, 2.75) is 31.9 Å². The second-order valence-electron chi connectivity index (χ2n) is 4.88. The number of nitrogens with one attached hydrogen (secondary N) is 1. The van der Waals surface area contributed by atoms with Crippen molar-refractivity contribution in [1.82, 2.24) is 10.2 Å². The highest BCUT2D eigenvalue weighted by Gasteiger charge is 2.31. The van der Waals surface area contributed by atoms with Crippen molar-refractivity contribution in [2.24, 2.45) is 0 Å². The summed E-state index contributed by atoms with van der Waals surface area (Å²) in [6.07, 6.45) is -0.00515. The van der Waals surface area contributed by atoms with Gasteiger partial charge in [0.2, 0.25) is 0 Å². The van der Waals surface area contributed by atoms with Crippen LogP contribution in [0.25, 0.3) is 0 Å². The standard InChI is InChI=1S/C11H20N2O5/c1-11(2)7-13(4-6-18-11)10(17)12-8(3-5-14)9(15)16/h8,14H,3-7H2,1-2H3,(H,12,17)(H,15,16). The third-order valence-electron chi connectivity index (χ3n) is 2.73. The number of carbonyl (C=O) groups excluding carboxylic acids is 1. The first-order valence-electron chi connectivity index (χ1n) is 5.89. The SMILES string of the molecule is CC1(C)CN(C(=O)NC(CCO)C(=O)O)CCO1. The summed E-state index contributed by atoms with van der Waals surface area (Å²) in [6.45, 7) is 4.72. The van der Waals surface area contributed by atoms with Crippen molar-refractivity contribution in [3.63, 3.8) is 0 Å². The Hall–Kier alpha value is -1.34. The lowest BCUT2D eigenvalue weighted by Gasteiger charge is -2.38. The van der Waals surface area contributed by atoms with Crippen LogP contribution in [0.5, 0.6) is 0 Å². The van der Waals surface area contributed by atoms with Gasteiger partial charge in [-0.2, -0.15) is 0 Å². The van der Waals surface area contributed by atoms with Crippen molar-refractivity contribution in [1.29, 1.82) is 0 Å². The molecule has 1 rings (SSSR count). The molecule has 7 nitrogen and oxygen atoms in total. The number of hydrogen-bond acceptors (Lipinski definition) is 4. The van der Waals surface area contributed by atoms with Gasteiger partial charge in [0, 0.05) is 19.6 Å². The molecule has 0 bridgehead atoms. The molecule has 18 heavy (non-hydrogen) atoms. The van der Waals surface area contributed by atoms with E-state index in [0.29, 0.717) is 19.7 Å². The average molecular weight is 260 g/mol. The number of rotatable bonds is 4. The van der Waals surface area contributed by atoms with Crippen LogP contribution in [-0.4, -0.2) is 65.1 Å². The number of aliphatic hydroxyl groups is 1. The highest BCUT2D eigenvalue weighted by atomic mass is 16.5. The number of hydrogen-bond donors (Lipinski definition) is 3. The number of amides is 2. The van der Waals surface area contributed by atoms with Gasteiger partial charge in [0.25, 0.3) is 0 Å². The minimum absolute atomic E-state index is 0.00515. The minimum atomic E-state index is -1.15. The minimum Gasteiger partial charge on any atom is -0.480 e. The van der Waals surface area contributed by atoms with Crippen LogP contribution in [0.3, 0.4) is 0 Å². The summed E-state index contributed by atoms with van der Waals surface area (Å²) >= 11 is 0. The number of urea groups is 1. The fraction of sp³-hybridized carbons (Fsp3) is 0.818. The third kappa shape index (κ3) is 4.15. The van der Waals surface area contributed by atoms with Crippen LogP contribution >= 0.6 is 0 Å². The average Bonchev–Trinajstić information content (AvgIpc) is 2.26. The molecule has 0 spiro atoms. The first kappa shape index (κ1) is 14.7. The number of carboxylic acid groups (broad SMARTS) is 1. The van der Waals surface area contributed by atoms with Crippen LogP contribution in [-0.2, 0) is 9.53 Å². The summed E-state index contributed by atoms with van der Waals surface area (Å²) in [4.78, 5) is 24.3. The van der Waals surface area contributed by atoms with Crippen molar-refractivity contribution < 1.29 is 24.5 Å². The molecule has 1 aliphatic rings. The molecule has 0 saturated carbocycles. The van der Waals surface area contributed by atoms with E-state index in [4.69, 9.17) is 14.9 Å². The zero-order valence-electron chi connectivity index (χ0n) is 10.7. The second kappa shape index (κ2) is 6.01. The monoisotopic (exact) mass is 260 g/mol. The van der Waals surface area contributed by atoms with Gasteiger partial charge in [-0.15, -0.1) is 0 Å². The van der Waals surface area contributed by atoms with Crippen LogP contribution < -0.4 is 5.32 Å². The first-order valence-corrected chi connectivity index (χ1v) is 5.89. The van der Waals surface area contributed by atoms with Crippen LogP contribution in [0, 0.1) is 0 Å². The van der Waals surface area contributed by atoms with Crippen LogP contribution in [0.2, 0.25) is 0 Å². The second-order valence-corrected chi connectivity index (χ2v) is 4.88. The molecule has 0 aromatic rings. The largest absolute Gasteiger partial charge is 0.480 e. The van der Waals surface area contributed by atoms with Crippen molar-refractivity contribution >= 4 is 12.0 Å². The summed E-state index contributed by atoms with van der Waals surface area (Å²) < 4.78 is 5.47. The molecule has 1 heterocycles. The van der Waals surface area contributed by atoms with Crippen molar-refractivity contribution in [3.05, 3.63) is 0 Å².